The zero-order valence-electron chi connectivity index (χ0n) is 16.9. The summed E-state index contributed by atoms with van der Waals surface area (Å²) in [6.45, 7) is 0. The van der Waals surface area contributed by atoms with Crippen LogP contribution in [0.2, 0.25) is 0 Å². The van der Waals surface area contributed by atoms with Crippen LogP contribution in [0.1, 0.15) is 0 Å². The lowest BCUT2D eigenvalue weighted by Gasteiger charge is -2.13. The molecule has 2 heterocycles. The van der Waals surface area contributed by atoms with Crippen molar-refractivity contribution in [2.24, 2.45) is 0 Å². The Morgan fingerprint density at radius 3 is 1.22 bits per heavy atom. The average molecular weight is 481 g/mol. The highest BCUT2D eigenvalue weighted by Gasteiger charge is 2.16. The molecule has 152 valence electrons. The zero-order valence-corrected chi connectivity index (χ0v) is 20.1. The van der Waals surface area contributed by atoms with Gasteiger partial charge in [0.1, 0.15) is 0 Å². The molecular formula is C28H16S4. The molecule has 0 nitrogen and oxygen atoms in total. The Kier molecular flexibility index (Phi) is 4.61. The second kappa shape index (κ2) is 7.67. The molecule has 2 aliphatic heterocycles. The molecule has 0 aromatic heterocycles. The van der Waals surface area contributed by atoms with Crippen molar-refractivity contribution in [1.29, 1.82) is 0 Å². The molecule has 32 heavy (non-hydrogen) atoms. The van der Waals surface area contributed by atoms with Crippen molar-refractivity contribution in [2.45, 2.75) is 0 Å². The predicted octanol–water partition coefficient (Wildman–Crippen LogP) is 8.33. The summed E-state index contributed by atoms with van der Waals surface area (Å²) < 4.78 is 2.74. The van der Waals surface area contributed by atoms with Crippen LogP contribution in [0.5, 0.6) is 0 Å². The minimum absolute atomic E-state index is 1.29. The van der Waals surface area contributed by atoms with Crippen molar-refractivity contribution in [2.75, 3.05) is 0 Å². The number of hydrogen-bond acceptors (Lipinski definition) is 4. The first-order valence-corrected chi connectivity index (χ1v) is 13.9. The lowest BCUT2D eigenvalue weighted by atomic mass is 9.94. The minimum atomic E-state index is 1.29. The minimum Gasteiger partial charge on any atom is -0.0895 e. The highest BCUT2D eigenvalue weighted by atomic mass is 32.2. The molecule has 5 aromatic rings. The number of thioether (sulfide) groups is 4. The highest BCUT2D eigenvalue weighted by molar-refractivity contribution is 8.35. The molecule has 0 amide bonds. The summed E-state index contributed by atoms with van der Waals surface area (Å²) >= 11 is 7.36. The van der Waals surface area contributed by atoms with Crippen molar-refractivity contribution in [1.82, 2.24) is 0 Å². The Balaban J connectivity index is 1.77. The summed E-state index contributed by atoms with van der Waals surface area (Å²) in [6.07, 6.45) is 0. The van der Waals surface area contributed by atoms with Crippen LogP contribution in [0.25, 0.3) is 51.6 Å². The molecule has 4 heteroatoms. The summed E-state index contributed by atoms with van der Waals surface area (Å²) in [4.78, 5) is 0. The van der Waals surface area contributed by atoms with E-state index in [0.29, 0.717) is 0 Å². The second-order valence-electron chi connectivity index (χ2n) is 7.83. The van der Waals surface area contributed by atoms with Gasteiger partial charge < -0.3 is 0 Å². The van der Waals surface area contributed by atoms with Gasteiger partial charge in [-0.25, -0.2) is 0 Å². The van der Waals surface area contributed by atoms with Gasteiger partial charge in [0, 0.05) is 10.4 Å². The zero-order chi connectivity index (χ0) is 21.1. The number of hydrogen-bond donors (Lipinski definition) is 0. The smallest absolute Gasteiger partial charge is 0.0571 e. The summed E-state index contributed by atoms with van der Waals surface area (Å²) in [5.41, 5.74) is 0. The molecule has 2 aliphatic rings. The fraction of sp³-hybridized carbons (Fsp3) is 0. The van der Waals surface area contributed by atoms with Gasteiger partial charge in [-0.3, -0.25) is 0 Å². The fourth-order valence-electron chi connectivity index (χ4n) is 4.70. The molecule has 0 atom stereocenters. The number of benzene rings is 5. The van der Waals surface area contributed by atoms with Crippen molar-refractivity contribution in [3.8, 4) is 0 Å². The predicted molar refractivity (Wildman–Crippen MR) is 151 cm³/mol. The van der Waals surface area contributed by atoms with Crippen LogP contribution in [0.3, 0.4) is 0 Å². The van der Waals surface area contributed by atoms with Gasteiger partial charge in [-0.05, 0) is 89.0 Å². The van der Waals surface area contributed by atoms with Gasteiger partial charge in [0.25, 0.3) is 0 Å². The van der Waals surface area contributed by atoms with E-state index in [1.54, 1.807) is 0 Å². The van der Waals surface area contributed by atoms with E-state index >= 15 is 0 Å². The Morgan fingerprint density at radius 2 is 0.781 bits per heavy atom. The Hall–Kier alpha value is -2.24. The van der Waals surface area contributed by atoms with Gasteiger partial charge in [-0.1, -0.05) is 95.6 Å². The van der Waals surface area contributed by atoms with Crippen molar-refractivity contribution in [3.63, 3.8) is 0 Å². The molecule has 0 spiro atoms. The first-order valence-electron chi connectivity index (χ1n) is 10.4. The van der Waals surface area contributed by atoms with Crippen molar-refractivity contribution >= 4 is 98.6 Å². The Bertz CT molecular complexity index is 1630. The standard InChI is InChI=1S/C28H16S4/c1-2-6-18-14-20-16-24-23(15-19(20)13-17(18)5-1)25(27-29-9-10-30-27)21-7-3-4-8-22(21)26(24)28-31-11-12-32-28/h1-16H. The Labute approximate surface area is 202 Å². The summed E-state index contributed by atoms with van der Waals surface area (Å²) in [5, 5.41) is 22.1. The molecule has 0 bridgehead atoms. The monoisotopic (exact) mass is 480 g/mol. The third kappa shape index (κ3) is 2.97. The summed E-state index contributed by atoms with van der Waals surface area (Å²) in [6, 6.07) is 27.1. The van der Waals surface area contributed by atoms with Crippen molar-refractivity contribution < 1.29 is 0 Å². The van der Waals surface area contributed by atoms with Crippen LogP contribution in [0.15, 0.2) is 94.4 Å². The lowest BCUT2D eigenvalue weighted by Crippen LogP contribution is -2.16. The molecule has 0 N–H and O–H groups in total. The molecular weight excluding hydrogens is 465 g/mol. The molecule has 0 radical (unpaired) electrons. The molecule has 5 aromatic carbocycles. The van der Waals surface area contributed by atoms with E-state index in [1.165, 1.54) is 62.0 Å². The van der Waals surface area contributed by atoms with E-state index in [9.17, 15) is 0 Å². The number of fused-ring (bicyclic) bond motifs is 4. The van der Waals surface area contributed by atoms with E-state index in [1.807, 2.05) is 47.0 Å². The van der Waals surface area contributed by atoms with Gasteiger partial charge in [0.15, 0.2) is 0 Å². The first-order chi connectivity index (χ1) is 15.9. The van der Waals surface area contributed by atoms with Crippen LogP contribution in [-0.2, 0) is 0 Å². The van der Waals surface area contributed by atoms with Gasteiger partial charge >= 0.3 is 0 Å². The Morgan fingerprint density at radius 1 is 0.375 bits per heavy atom. The quantitative estimate of drug-likeness (QED) is 0.204. The average Bonchev–Trinajstić information content (AvgIpc) is 3.54. The molecule has 0 aliphatic carbocycles. The normalized spacial score (nSPS) is 15.9. The van der Waals surface area contributed by atoms with Crippen molar-refractivity contribution in [3.05, 3.63) is 105 Å². The topological polar surface area (TPSA) is 0 Å². The summed E-state index contributed by atoms with van der Waals surface area (Å²) in [5.74, 6) is 0. The fourth-order valence-corrected chi connectivity index (χ4v) is 8.55. The molecule has 0 fully saturated rings. The first kappa shape index (κ1) is 19.2. The lowest BCUT2D eigenvalue weighted by molar-refractivity contribution is 1.71. The third-order valence-corrected chi connectivity index (χ3v) is 10.3. The number of rotatable bonds is 0. The van der Waals surface area contributed by atoms with Crippen LogP contribution in [0.4, 0.5) is 0 Å². The van der Waals surface area contributed by atoms with Gasteiger partial charge in [-0.2, -0.15) is 0 Å². The van der Waals surface area contributed by atoms with Crippen LogP contribution in [-0.4, -0.2) is 0 Å². The highest BCUT2D eigenvalue weighted by Crippen LogP contribution is 2.41. The largest absolute Gasteiger partial charge is 0.0895 e. The van der Waals surface area contributed by atoms with Gasteiger partial charge in [0.2, 0.25) is 0 Å². The van der Waals surface area contributed by atoms with Crippen LogP contribution >= 0.6 is 47.0 Å². The maximum absolute atomic E-state index is 2.42. The van der Waals surface area contributed by atoms with E-state index in [-0.39, 0.29) is 0 Å². The molecule has 0 saturated heterocycles. The van der Waals surface area contributed by atoms with E-state index in [0.717, 1.165) is 0 Å². The SMILES string of the molecule is C1=CSC(=c2c3ccccc3c(=C3SC=CS3)c3cc4cc5ccccc5cc4cc23)S1. The maximum Gasteiger partial charge on any atom is 0.0571 e. The van der Waals surface area contributed by atoms with Gasteiger partial charge in [0.05, 0.1) is 8.47 Å². The third-order valence-electron chi connectivity index (χ3n) is 6.07. The summed E-state index contributed by atoms with van der Waals surface area (Å²) in [7, 11) is 0. The molecule has 0 saturated carbocycles. The second-order valence-corrected chi connectivity index (χ2v) is 12.0. The van der Waals surface area contributed by atoms with Crippen LogP contribution < -0.4 is 10.4 Å². The van der Waals surface area contributed by atoms with Crippen LogP contribution in [0, 0.1) is 0 Å². The van der Waals surface area contributed by atoms with E-state index in [2.05, 4.69) is 94.4 Å². The molecule has 7 rings (SSSR count). The van der Waals surface area contributed by atoms with E-state index in [4.69, 9.17) is 0 Å². The maximum atomic E-state index is 2.42. The van der Waals surface area contributed by atoms with Gasteiger partial charge in [-0.15, -0.1) is 0 Å². The molecule has 0 unspecified atom stereocenters. The van der Waals surface area contributed by atoms with E-state index < -0.39 is 0 Å².